The highest BCUT2D eigenvalue weighted by atomic mass is 32.1. The van der Waals surface area contributed by atoms with Crippen molar-refractivity contribution in [3.8, 4) is 11.3 Å². The molecule has 0 aliphatic carbocycles. The van der Waals surface area contributed by atoms with Crippen LogP contribution < -0.4 is 5.73 Å². The van der Waals surface area contributed by atoms with Crippen molar-refractivity contribution in [2.75, 3.05) is 5.73 Å². The van der Waals surface area contributed by atoms with Crippen LogP contribution >= 0.6 is 11.3 Å². The van der Waals surface area contributed by atoms with E-state index in [4.69, 9.17) is 5.73 Å². The maximum Gasteiger partial charge on any atom is 0.195 e. The summed E-state index contributed by atoms with van der Waals surface area (Å²) in [5, 5.41) is 2.11. The molecule has 2 heterocycles. The van der Waals surface area contributed by atoms with E-state index in [1.807, 2.05) is 4.40 Å². The first-order valence-electron chi connectivity index (χ1n) is 5.45. The van der Waals surface area contributed by atoms with Gasteiger partial charge in [0.1, 0.15) is 5.82 Å². The van der Waals surface area contributed by atoms with Crippen molar-refractivity contribution in [3.63, 3.8) is 0 Å². The zero-order chi connectivity index (χ0) is 12.0. The van der Waals surface area contributed by atoms with Gasteiger partial charge >= 0.3 is 0 Å². The van der Waals surface area contributed by atoms with Gasteiger partial charge in [0.2, 0.25) is 0 Å². The van der Waals surface area contributed by atoms with E-state index >= 15 is 0 Å². The minimum Gasteiger partial charge on any atom is -0.383 e. The molecule has 0 saturated heterocycles. The van der Waals surface area contributed by atoms with Gasteiger partial charge in [-0.15, -0.1) is 11.3 Å². The second-order valence-electron chi connectivity index (χ2n) is 4.24. The molecule has 3 rings (SSSR count). The number of nitrogen functional groups attached to an aromatic ring is 1. The van der Waals surface area contributed by atoms with Crippen LogP contribution in [0.2, 0.25) is 0 Å². The van der Waals surface area contributed by atoms with Gasteiger partial charge in [-0.1, -0.05) is 23.8 Å². The summed E-state index contributed by atoms with van der Waals surface area (Å²) in [6, 6.07) is 6.45. The molecule has 2 N–H and O–H groups in total. The Morgan fingerprint density at radius 3 is 2.88 bits per heavy atom. The Hall–Kier alpha value is -1.81. The summed E-state index contributed by atoms with van der Waals surface area (Å²) in [4.78, 5) is 5.21. The number of aryl methyl sites for hydroxylation is 2. The molecule has 86 valence electrons. The molecule has 0 unspecified atom stereocenters. The topological polar surface area (TPSA) is 43.3 Å². The number of thiazole rings is 1. The molecular formula is C13H13N3S. The summed E-state index contributed by atoms with van der Waals surface area (Å²) >= 11 is 1.61. The molecule has 0 aliphatic rings. The summed E-state index contributed by atoms with van der Waals surface area (Å²) < 4.78 is 2.00. The van der Waals surface area contributed by atoms with Crippen LogP contribution in [-0.2, 0) is 0 Å². The largest absolute Gasteiger partial charge is 0.383 e. The highest BCUT2D eigenvalue weighted by molar-refractivity contribution is 7.15. The van der Waals surface area contributed by atoms with Gasteiger partial charge in [0.15, 0.2) is 4.96 Å². The monoisotopic (exact) mass is 243 g/mol. The number of nitrogens with zero attached hydrogens (tertiary/aromatic N) is 2. The maximum absolute atomic E-state index is 5.95. The number of benzene rings is 1. The molecule has 1 aromatic carbocycles. The van der Waals surface area contributed by atoms with Crippen LogP contribution in [0, 0.1) is 13.8 Å². The lowest BCUT2D eigenvalue weighted by Crippen LogP contribution is -1.94. The van der Waals surface area contributed by atoms with E-state index in [0.717, 1.165) is 10.7 Å². The van der Waals surface area contributed by atoms with E-state index in [-0.39, 0.29) is 0 Å². The number of hydrogen-bond acceptors (Lipinski definition) is 3. The predicted octanol–water partition coefficient (Wildman–Crippen LogP) is 3.26. The molecule has 0 atom stereocenters. The molecule has 0 radical (unpaired) electrons. The zero-order valence-electron chi connectivity index (χ0n) is 9.77. The molecule has 4 heteroatoms. The average molecular weight is 243 g/mol. The fourth-order valence-electron chi connectivity index (χ4n) is 2.12. The number of anilines is 1. The summed E-state index contributed by atoms with van der Waals surface area (Å²) in [6.07, 6.45) is 1.71. The van der Waals surface area contributed by atoms with Crippen molar-refractivity contribution >= 4 is 22.1 Å². The molecule has 3 nitrogen and oxygen atoms in total. The first-order chi connectivity index (χ1) is 8.16. The van der Waals surface area contributed by atoms with E-state index in [0.29, 0.717) is 5.82 Å². The smallest absolute Gasteiger partial charge is 0.195 e. The molecule has 0 aliphatic heterocycles. The van der Waals surface area contributed by atoms with Crippen LogP contribution in [-0.4, -0.2) is 9.38 Å². The minimum absolute atomic E-state index is 0.691. The van der Waals surface area contributed by atoms with Gasteiger partial charge in [-0.2, -0.15) is 0 Å². The minimum atomic E-state index is 0.691. The molecule has 0 amide bonds. The van der Waals surface area contributed by atoms with Crippen LogP contribution in [0.5, 0.6) is 0 Å². The van der Waals surface area contributed by atoms with Crippen molar-refractivity contribution < 1.29 is 0 Å². The van der Waals surface area contributed by atoms with Crippen LogP contribution in [0.3, 0.4) is 0 Å². The standard InChI is InChI=1S/C13H13N3S/c1-8-3-4-10(9(2)5-8)11-7-17-13-15-6-12(14)16(11)13/h3-7H,14H2,1-2H3. The first-order valence-corrected chi connectivity index (χ1v) is 6.33. The van der Waals surface area contributed by atoms with E-state index in [1.54, 1.807) is 17.5 Å². The van der Waals surface area contributed by atoms with Gasteiger partial charge in [0.25, 0.3) is 0 Å². The van der Waals surface area contributed by atoms with Crippen LogP contribution in [0.15, 0.2) is 29.8 Å². The van der Waals surface area contributed by atoms with E-state index in [9.17, 15) is 0 Å². The normalized spacial score (nSPS) is 11.2. The Labute approximate surface area is 104 Å². The fraction of sp³-hybridized carbons (Fsp3) is 0.154. The molecule has 0 fully saturated rings. The SMILES string of the molecule is Cc1ccc(-c2csc3ncc(N)n23)c(C)c1. The maximum atomic E-state index is 5.95. The first kappa shape index (κ1) is 10.4. The Kier molecular flexibility index (Phi) is 2.19. The van der Waals surface area contributed by atoms with Gasteiger partial charge in [-0.3, -0.25) is 4.40 Å². The zero-order valence-corrected chi connectivity index (χ0v) is 10.6. The number of aromatic nitrogens is 2. The molecule has 2 aromatic heterocycles. The van der Waals surface area contributed by atoms with Gasteiger partial charge in [-0.05, 0) is 19.4 Å². The third kappa shape index (κ3) is 1.52. The highest BCUT2D eigenvalue weighted by Gasteiger charge is 2.11. The molecule has 17 heavy (non-hydrogen) atoms. The van der Waals surface area contributed by atoms with Crippen molar-refractivity contribution in [2.45, 2.75) is 13.8 Å². The van der Waals surface area contributed by atoms with Gasteiger partial charge in [0.05, 0.1) is 11.9 Å². The second kappa shape index (κ2) is 3.60. The molecule has 0 saturated carbocycles. The number of nitrogens with two attached hydrogens (primary N) is 1. The summed E-state index contributed by atoms with van der Waals surface area (Å²) in [6.45, 7) is 4.23. The summed E-state index contributed by atoms with van der Waals surface area (Å²) in [5.74, 6) is 0.691. The second-order valence-corrected chi connectivity index (χ2v) is 5.08. The number of fused-ring (bicyclic) bond motifs is 1. The Morgan fingerprint density at radius 1 is 1.29 bits per heavy atom. The van der Waals surface area contributed by atoms with Crippen molar-refractivity contribution in [1.82, 2.24) is 9.38 Å². The van der Waals surface area contributed by atoms with Crippen LogP contribution in [0.25, 0.3) is 16.2 Å². The molecular weight excluding hydrogens is 230 g/mol. The Morgan fingerprint density at radius 2 is 2.12 bits per heavy atom. The third-order valence-corrected chi connectivity index (χ3v) is 3.77. The number of rotatable bonds is 1. The summed E-state index contributed by atoms with van der Waals surface area (Å²) in [5.41, 5.74) is 10.8. The Balaban J connectivity index is 2.30. The molecule has 0 bridgehead atoms. The van der Waals surface area contributed by atoms with Crippen LogP contribution in [0.4, 0.5) is 5.82 Å². The highest BCUT2D eigenvalue weighted by Crippen LogP contribution is 2.30. The lowest BCUT2D eigenvalue weighted by molar-refractivity contribution is 1.23. The van der Waals surface area contributed by atoms with Crippen molar-refractivity contribution in [3.05, 3.63) is 40.9 Å². The van der Waals surface area contributed by atoms with E-state index < -0.39 is 0 Å². The predicted molar refractivity (Wildman–Crippen MR) is 72.4 cm³/mol. The Bertz CT molecular complexity index is 694. The lowest BCUT2D eigenvalue weighted by Gasteiger charge is -2.06. The van der Waals surface area contributed by atoms with Crippen LogP contribution in [0.1, 0.15) is 11.1 Å². The average Bonchev–Trinajstić information content (AvgIpc) is 2.83. The van der Waals surface area contributed by atoms with Gasteiger partial charge in [-0.25, -0.2) is 4.98 Å². The van der Waals surface area contributed by atoms with Gasteiger partial charge < -0.3 is 5.73 Å². The fourth-order valence-corrected chi connectivity index (χ4v) is 2.99. The van der Waals surface area contributed by atoms with E-state index in [1.165, 1.54) is 16.7 Å². The van der Waals surface area contributed by atoms with Crippen molar-refractivity contribution in [1.29, 1.82) is 0 Å². The van der Waals surface area contributed by atoms with E-state index in [2.05, 4.69) is 42.4 Å². The van der Waals surface area contributed by atoms with Gasteiger partial charge in [0, 0.05) is 10.9 Å². The molecule has 0 spiro atoms. The molecule has 3 aromatic rings. The third-order valence-electron chi connectivity index (χ3n) is 2.93. The summed E-state index contributed by atoms with van der Waals surface area (Å²) in [7, 11) is 0. The van der Waals surface area contributed by atoms with Crippen molar-refractivity contribution in [2.24, 2.45) is 0 Å². The number of imidazole rings is 1. The lowest BCUT2D eigenvalue weighted by atomic mass is 10.0. The number of hydrogen-bond donors (Lipinski definition) is 1. The quantitative estimate of drug-likeness (QED) is 0.713.